The molecule has 2 fully saturated rings. The molecule has 2 aromatic rings. The number of aromatic nitrogens is 2. The third-order valence-electron chi connectivity index (χ3n) is 4.99. The fourth-order valence-electron chi connectivity index (χ4n) is 3.54. The van der Waals surface area contributed by atoms with Gasteiger partial charge in [-0.25, -0.2) is 4.98 Å². The lowest BCUT2D eigenvalue weighted by Gasteiger charge is -2.16. The Kier molecular flexibility index (Phi) is 6.21. The van der Waals surface area contributed by atoms with Gasteiger partial charge in [-0.05, 0) is 37.0 Å². The van der Waals surface area contributed by atoms with E-state index in [4.69, 9.17) is 17.0 Å². The van der Waals surface area contributed by atoms with Crippen LogP contribution in [0.4, 0.5) is 5.82 Å². The number of hydrogen-bond donors (Lipinski definition) is 1. The predicted molar refractivity (Wildman–Crippen MR) is 124 cm³/mol. The van der Waals surface area contributed by atoms with Gasteiger partial charge in [-0.2, -0.15) is 0 Å². The van der Waals surface area contributed by atoms with Crippen LogP contribution in [0.15, 0.2) is 34.1 Å². The number of ether oxygens (including phenoxy) is 1. The molecule has 1 amide bonds. The lowest BCUT2D eigenvalue weighted by Crippen LogP contribution is -2.31. The normalized spacial score (nSPS) is 20.8. The van der Waals surface area contributed by atoms with Gasteiger partial charge < -0.3 is 10.1 Å². The summed E-state index contributed by atoms with van der Waals surface area (Å²) in [6.07, 6.45) is 5.40. The van der Waals surface area contributed by atoms with E-state index in [1.54, 1.807) is 29.3 Å². The molecular formula is C21H24N4O3S2. The van der Waals surface area contributed by atoms with Crippen LogP contribution in [0.25, 0.3) is 11.7 Å². The van der Waals surface area contributed by atoms with Crippen LogP contribution in [0.1, 0.15) is 32.3 Å². The molecule has 2 aromatic heterocycles. The number of amides is 1. The first-order chi connectivity index (χ1) is 14.4. The van der Waals surface area contributed by atoms with Crippen molar-refractivity contribution in [1.29, 1.82) is 0 Å². The zero-order valence-electron chi connectivity index (χ0n) is 17.0. The van der Waals surface area contributed by atoms with Crippen LogP contribution in [0.2, 0.25) is 0 Å². The van der Waals surface area contributed by atoms with Crippen molar-refractivity contribution in [2.45, 2.75) is 32.8 Å². The van der Waals surface area contributed by atoms with E-state index in [-0.39, 0.29) is 17.6 Å². The van der Waals surface area contributed by atoms with Crippen LogP contribution >= 0.6 is 24.0 Å². The SMILES string of the molecule is CC(C)CN1C(=O)/C(=C/c2c(NCC3CCCO3)nc3ccccn3c2=O)SC1=S. The first-order valence-corrected chi connectivity index (χ1v) is 11.3. The summed E-state index contributed by atoms with van der Waals surface area (Å²) in [7, 11) is 0. The molecule has 1 N–H and O–H groups in total. The lowest BCUT2D eigenvalue weighted by molar-refractivity contribution is -0.122. The molecule has 0 saturated carbocycles. The van der Waals surface area contributed by atoms with Gasteiger partial charge in [0.1, 0.15) is 15.8 Å². The monoisotopic (exact) mass is 444 g/mol. The number of fused-ring (bicyclic) bond motifs is 1. The second-order valence-corrected chi connectivity index (χ2v) is 9.49. The van der Waals surface area contributed by atoms with Crippen LogP contribution < -0.4 is 10.9 Å². The van der Waals surface area contributed by atoms with Crippen molar-refractivity contribution in [2.24, 2.45) is 5.92 Å². The van der Waals surface area contributed by atoms with Gasteiger partial charge in [0.15, 0.2) is 0 Å². The van der Waals surface area contributed by atoms with Gasteiger partial charge in [0.25, 0.3) is 11.5 Å². The minimum Gasteiger partial charge on any atom is -0.376 e. The molecule has 0 spiro atoms. The number of hydrogen-bond acceptors (Lipinski definition) is 7. The van der Waals surface area contributed by atoms with Gasteiger partial charge in [-0.1, -0.05) is 43.9 Å². The van der Waals surface area contributed by atoms with E-state index in [9.17, 15) is 9.59 Å². The van der Waals surface area contributed by atoms with E-state index >= 15 is 0 Å². The Hall–Kier alpha value is -2.23. The summed E-state index contributed by atoms with van der Waals surface area (Å²) in [6.45, 7) is 5.95. The Labute approximate surface area is 184 Å². The largest absolute Gasteiger partial charge is 0.376 e. The average Bonchev–Trinajstić information content (AvgIpc) is 3.33. The average molecular weight is 445 g/mol. The summed E-state index contributed by atoms with van der Waals surface area (Å²) < 4.78 is 7.68. The molecule has 4 heterocycles. The molecule has 0 radical (unpaired) electrons. The fraction of sp³-hybridized carbons (Fsp3) is 0.429. The highest BCUT2D eigenvalue weighted by Crippen LogP contribution is 2.33. The molecule has 2 aliphatic heterocycles. The second-order valence-electron chi connectivity index (χ2n) is 7.81. The second kappa shape index (κ2) is 8.87. The summed E-state index contributed by atoms with van der Waals surface area (Å²) in [4.78, 5) is 32.8. The molecule has 4 rings (SSSR count). The number of pyridine rings is 1. The molecule has 0 bridgehead atoms. The van der Waals surface area contributed by atoms with E-state index in [1.807, 2.05) is 19.9 Å². The van der Waals surface area contributed by atoms with Crippen LogP contribution in [0, 0.1) is 5.92 Å². The van der Waals surface area contributed by atoms with Gasteiger partial charge in [-0.3, -0.25) is 18.9 Å². The van der Waals surface area contributed by atoms with E-state index in [1.165, 1.54) is 16.2 Å². The van der Waals surface area contributed by atoms with E-state index in [0.29, 0.717) is 45.3 Å². The Morgan fingerprint density at radius 1 is 1.40 bits per heavy atom. The molecule has 9 heteroatoms. The zero-order chi connectivity index (χ0) is 21.3. The molecule has 30 heavy (non-hydrogen) atoms. The van der Waals surface area contributed by atoms with Crippen molar-refractivity contribution in [3.63, 3.8) is 0 Å². The van der Waals surface area contributed by atoms with Crippen LogP contribution in [-0.4, -0.2) is 50.3 Å². The number of nitrogens with zero attached hydrogens (tertiary/aromatic N) is 3. The Balaban J connectivity index is 1.73. The fourth-order valence-corrected chi connectivity index (χ4v) is 4.79. The number of anilines is 1. The number of thiocarbonyl (C=S) groups is 1. The smallest absolute Gasteiger partial charge is 0.267 e. The predicted octanol–water partition coefficient (Wildman–Crippen LogP) is 3.14. The first kappa shape index (κ1) is 21.0. The van der Waals surface area contributed by atoms with E-state index in [2.05, 4.69) is 10.3 Å². The highest BCUT2D eigenvalue weighted by Gasteiger charge is 2.33. The highest BCUT2D eigenvalue weighted by molar-refractivity contribution is 8.26. The van der Waals surface area contributed by atoms with Gasteiger partial charge in [0.05, 0.1) is 16.6 Å². The van der Waals surface area contributed by atoms with E-state index < -0.39 is 0 Å². The molecular weight excluding hydrogens is 420 g/mol. The number of thioether (sulfide) groups is 1. The maximum absolute atomic E-state index is 13.2. The third kappa shape index (κ3) is 4.28. The number of carbonyl (C=O) groups is 1. The van der Waals surface area contributed by atoms with Crippen molar-refractivity contribution in [3.8, 4) is 0 Å². The molecule has 158 valence electrons. The quantitative estimate of drug-likeness (QED) is 0.542. The molecule has 2 saturated heterocycles. The van der Waals surface area contributed by atoms with Gasteiger partial charge in [0, 0.05) is 25.9 Å². The minimum absolute atomic E-state index is 0.0955. The maximum Gasteiger partial charge on any atom is 0.267 e. The van der Waals surface area contributed by atoms with Crippen molar-refractivity contribution in [3.05, 3.63) is 45.2 Å². The topological polar surface area (TPSA) is 75.9 Å². The van der Waals surface area contributed by atoms with Crippen molar-refractivity contribution in [1.82, 2.24) is 14.3 Å². The zero-order valence-corrected chi connectivity index (χ0v) is 18.6. The van der Waals surface area contributed by atoms with Crippen molar-refractivity contribution < 1.29 is 9.53 Å². The molecule has 2 aliphatic rings. The van der Waals surface area contributed by atoms with Crippen LogP contribution in [0.3, 0.4) is 0 Å². The summed E-state index contributed by atoms with van der Waals surface area (Å²) >= 11 is 6.62. The van der Waals surface area contributed by atoms with E-state index in [0.717, 1.165) is 19.4 Å². The summed E-state index contributed by atoms with van der Waals surface area (Å²) in [5.41, 5.74) is 0.660. The minimum atomic E-state index is -0.232. The molecule has 7 nitrogen and oxygen atoms in total. The Bertz CT molecular complexity index is 1070. The molecule has 1 unspecified atom stereocenters. The Morgan fingerprint density at radius 3 is 2.97 bits per heavy atom. The molecule has 0 aromatic carbocycles. The highest BCUT2D eigenvalue weighted by atomic mass is 32.2. The van der Waals surface area contributed by atoms with Crippen LogP contribution in [0.5, 0.6) is 0 Å². The van der Waals surface area contributed by atoms with Gasteiger partial charge in [0.2, 0.25) is 0 Å². The lowest BCUT2D eigenvalue weighted by atomic mass is 10.2. The number of carbonyl (C=O) groups excluding carboxylic acids is 1. The van der Waals surface area contributed by atoms with Gasteiger partial charge in [-0.15, -0.1) is 0 Å². The molecule has 0 aliphatic carbocycles. The molecule has 1 atom stereocenters. The van der Waals surface area contributed by atoms with Crippen molar-refractivity contribution >= 4 is 51.7 Å². The van der Waals surface area contributed by atoms with Gasteiger partial charge >= 0.3 is 0 Å². The maximum atomic E-state index is 13.2. The third-order valence-corrected chi connectivity index (χ3v) is 6.36. The summed E-state index contributed by atoms with van der Waals surface area (Å²) in [6, 6.07) is 5.40. The first-order valence-electron chi connectivity index (χ1n) is 10.1. The van der Waals surface area contributed by atoms with Crippen LogP contribution in [-0.2, 0) is 9.53 Å². The van der Waals surface area contributed by atoms with Crippen molar-refractivity contribution in [2.75, 3.05) is 25.0 Å². The number of nitrogens with one attached hydrogen (secondary N) is 1. The standard InChI is InChI=1S/C21H24N4O3S2/c1-13(2)12-25-20(27)16(30-21(25)29)10-15-18(22-11-14-6-5-9-28-14)23-17-7-3-4-8-24(17)19(15)26/h3-4,7-8,10,13-14,22H,5-6,9,11-12H2,1-2H3/b16-10-. The summed E-state index contributed by atoms with van der Waals surface area (Å²) in [5.74, 6) is 0.584. The summed E-state index contributed by atoms with van der Waals surface area (Å²) in [5, 5.41) is 3.27. The Morgan fingerprint density at radius 2 is 2.23 bits per heavy atom. The number of rotatable bonds is 6.